The zero-order valence-corrected chi connectivity index (χ0v) is 14.5. The maximum atomic E-state index is 11.1. The Bertz CT molecular complexity index is 755. The van der Waals surface area contributed by atoms with Crippen molar-refractivity contribution in [3.63, 3.8) is 0 Å². The summed E-state index contributed by atoms with van der Waals surface area (Å²) in [5, 5.41) is 12.5. The summed E-state index contributed by atoms with van der Waals surface area (Å²) in [6.07, 6.45) is 2.00. The topological polar surface area (TPSA) is 74.7 Å². The Labute approximate surface area is 147 Å². The van der Waals surface area contributed by atoms with E-state index >= 15 is 0 Å². The lowest BCUT2D eigenvalue weighted by Gasteiger charge is -2.34. The van der Waals surface area contributed by atoms with Crippen LogP contribution in [0.15, 0.2) is 36.4 Å². The molecule has 0 saturated carbocycles. The van der Waals surface area contributed by atoms with Gasteiger partial charge in [-0.25, -0.2) is 9.78 Å². The number of carbonyl (C=O) groups is 1. The highest BCUT2D eigenvalue weighted by Crippen LogP contribution is 2.25. The van der Waals surface area contributed by atoms with Crippen LogP contribution in [0.2, 0.25) is 0 Å². The van der Waals surface area contributed by atoms with Gasteiger partial charge in [-0.2, -0.15) is 0 Å². The first kappa shape index (κ1) is 17.1. The molecule has 25 heavy (non-hydrogen) atoms. The van der Waals surface area contributed by atoms with Crippen LogP contribution in [0.3, 0.4) is 0 Å². The first-order valence-electron chi connectivity index (χ1n) is 8.43. The van der Waals surface area contributed by atoms with Crippen molar-refractivity contribution < 1.29 is 14.6 Å². The molecule has 6 nitrogen and oxygen atoms in total. The molecule has 1 fully saturated rings. The van der Waals surface area contributed by atoms with Crippen LogP contribution in [-0.4, -0.2) is 42.3 Å². The minimum absolute atomic E-state index is 0.249. The van der Waals surface area contributed by atoms with Gasteiger partial charge in [0.1, 0.15) is 11.6 Å². The normalized spacial score (nSPS) is 15.0. The number of anilines is 2. The van der Waals surface area contributed by atoms with E-state index in [0.29, 0.717) is 11.7 Å². The summed E-state index contributed by atoms with van der Waals surface area (Å²) in [5.74, 6) is 0.668. The Morgan fingerprint density at radius 1 is 1.28 bits per heavy atom. The molecule has 3 rings (SSSR count). The number of hydrogen-bond donors (Lipinski definition) is 2. The molecule has 1 saturated heterocycles. The standard InChI is InChI=1S/C19H23N3O3/c1-13-17(19(23)24)6-7-18(20-13)21-14-8-10-22(11-9-14)15-4-3-5-16(12-15)25-2/h3-7,12,14H,8-11H2,1-2H3,(H,20,21)(H,23,24). The Balaban J connectivity index is 1.59. The van der Waals surface area contributed by atoms with Gasteiger partial charge < -0.3 is 20.1 Å². The number of aryl methyl sites for hydroxylation is 1. The minimum atomic E-state index is -0.942. The quantitative estimate of drug-likeness (QED) is 0.870. The van der Waals surface area contributed by atoms with Crippen molar-refractivity contribution in [3.8, 4) is 5.75 Å². The van der Waals surface area contributed by atoms with Gasteiger partial charge in [-0.3, -0.25) is 0 Å². The van der Waals surface area contributed by atoms with Crippen molar-refractivity contribution in [3.05, 3.63) is 47.7 Å². The number of benzene rings is 1. The summed E-state index contributed by atoms with van der Waals surface area (Å²) < 4.78 is 5.29. The maximum Gasteiger partial charge on any atom is 0.337 e. The van der Waals surface area contributed by atoms with E-state index in [1.165, 1.54) is 5.69 Å². The number of nitrogens with one attached hydrogen (secondary N) is 1. The van der Waals surface area contributed by atoms with Crippen LogP contribution in [0.4, 0.5) is 11.5 Å². The van der Waals surface area contributed by atoms with Crippen molar-refractivity contribution in [2.24, 2.45) is 0 Å². The third-order valence-electron chi connectivity index (χ3n) is 4.58. The molecule has 1 aromatic heterocycles. The van der Waals surface area contributed by atoms with Crippen LogP contribution >= 0.6 is 0 Å². The van der Waals surface area contributed by atoms with Gasteiger partial charge in [0, 0.05) is 30.9 Å². The first-order chi connectivity index (χ1) is 12.1. The molecule has 1 aliphatic rings. The molecule has 2 aromatic rings. The second-order valence-electron chi connectivity index (χ2n) is 6.24. The molecule has 2 N–H and O–H groups in total. The molecule has 0 spiro atoms. The summed E-state index contributed by atoms with van der Waals surface area (Å²) >= 11 is 0. The van der Waals surface area contributed by atoms with Gasteiger partial charge in [-0.1, -0.05) is 6.07 Å². The summed E-state index contributed by atoms with van der Waals surface area (Å²) in [6.45, 7) is 3.63. The van der Waals surface area contributed by atoms with E-state index in [-0.39, 0.29) is 5.56 Å². The average Bonchev–Trinajstić information content (AvgIpc) is 2.62. The highest BCUT2D eigenvalue weighted by Gasteiger charge is 2.20. The molecule has 0 amide bonds. The lowest BCUT2D eigenvalue weighted by molar-refractivity contribution is 0.0695. The molecule has 2 heterocycles. The van der Waals surface area contributed by atoms with Crippen LogP contribution in [0.5, 0.6) is 5.75 Å². The number of piperidine rings is 1. The van der Waals surface area contributed by atoms with Crippen molar-refractivity contribution in [2.45, 2.75) is 25.8 Å². The minimum Gasteiger partial charge on any atom is -0.497 e. The van der Waals surface area contributed by atoms with Crippen LogP contribution < -0.4 is 15.0 Å². The van der Waals surface area contributed by atoms with Crippen LogP contribution in [-0.2, 0) is 0 Å². The number of nitrogens with zero attached hydrogens (tertiary/aromatic N) is 2. The molecular weight excluding hydrogens is 318 g/mol. The lowest BCUT2D eigenvalue weighted by atomic mass is 10.0. The third kappa shape index (κ3) is 4.02. The van der Waals surface area contributed by atoms with Crippen LogP contribution in [0.25, 0.3) is 0 Å². The van der Waals surface area contributed by atoms with Gasteiger partial charge >= 0.3 is 5.97 Å². The molecule has 1 aliphatic heterocycles. The highest BCUT2D eigenvalue weighted by molar-refractivity contribution is 5.89. The molecular formula is C19H23N3O3. The molecule has 0 bridgehead atoms. The fourth-order valence-corrected chi connectivity index (χ4v) is 3.17. The molecule has 0 unspecified atom stereocenters. The highest BCUT2D eigenvalue weighted by atomic mass is 16.5. The van der Waals surface area contributed by atoms with Gasteiger partial charge in [0.25, 0.3) is 0 Å². The zero-order valence-electron chi connectivity index (χ0n) is 14.5. The van der Waals surface area contributed by atoms with Crippen LogP contribution in [0.1, 0.15) is 28.9 Å². The van der Waals surface area contributed by atoms with Gasteiger partial charge in [0.05, 0.1) is 18.4 Å². The van der Waals surface area contributed by atoms with Gasteiger partial charge in [-0.15, -0.1) is 0 Å². The Morgan fingerprint density at radius 2 is 2.04 bits per heavy atom. The Hall–Kier alpha value is -2.76. The van der Waals surface area contributed by atoms with Gasteiger partial charge in [-0.05, 0) is 44.0 Å². The van der Waals surface area contributed by atoms with E-state index in [4.69, 9.17) is 9.84 Å². The summed E-state index contributed by atoms with van der Waals surface area (Å²) in [4.78, 5) is 17.8. The summed E-state index contributed by atoms with van der Waals surface area (Å²) in [7, 11) is 1.68. The molecule has 0 aliphatic carbocycles. The number of aromatic carboxylic acids is 1. The number of hydrogen-bond acceptors (Lipinski definition) is 5. The van der Waals surface area contributed by atoms with Gasteiger partial charge in [0.2, 0.25) is 0 Å². The fourth-order valence-electron chi connectivity index (χ4n) is 3.17. The van der Waals surface area contributed by atoms with Gasteiger partial charge in [0.15, 0.2) is 0 Å². The van der Waals surface area contributed by atoms with E-state index in [2.05, 4.69) is 27.3 Å². The summed E-state index contributed by atoms with van der Waals surface area (Å²) in [5.41, 5.74) is 1.96. The Kier molecular flexibility index (Phi) is 5.07. The largest absolute Gasteiger partial charge is 0.497 e. The van der Waals surface area contributed by atoms with E-state index < -0.39 is 5.97 Å². The molecule has 0 radical (unpaired) electrons. The number of rotatable bonds is 5. The van der Waals surface area contributed by atoms with E-state index in [1.54, 1.807) is 26.2 Å². The van der Waals surface area contributed by atoms with Crippen molar-refractivity contribution in [2.75, 3.05) is 30.4 Å². The monoisotopic (exact) mass is 341 g/mol. The lowest BCUT2D eigenvalue weighted by Crippen LogP contribution is -2.39. The predicted octanol–water partition coefficient (Wildman–Crippen LogP) is 3.18. The predicted molar refractivity (Wildman–Crippen MR) is 97.8 cm³/mol. The molecule has 0 atom stereocenters. The van der Waals surface area contributed by atoms with Crippen molar-refractivity contribution >= 4 is 17.5 Å². The van der Waals surface area contributed by atoms with Crippen molar-refractivity contribution in [1.29, 1.82) is 0 Å². The number of aromatic nitrogens is 1. The first-order valence-corrected chi connectivity index (χ1v) is 8.43. The fraction of sp³-hybridized carbons (Fsp3) is 0.368. The SMILES string of the molecule is COc1cccc(N2CCC(Nc3ccc(C(=O)O)c(C)n3)CC2)c1. The van der Waals surface area contributed by atoms with Crippen LogP contribution in [0, 0.1) is 6.92 Å². The summed E-state index contributed by atoms with van der Waals surface area (Å²) in [6, 6.07) is 11.8. The second-order valence-corrected chi connectivity index (χ2v) is 6.24. The molecule has 6 heteroatoms. The second kappa shape index (κ2) is 7.42. The smallest absolute Gasteiger partial charge is 0.337 e. The number of carboxylic acids is 1. The average molecular weight is 341 g/mol. The number of pyridine rings is 1. The van der Waals surface area contributed by atoms with Crippen molar-refractivity contribution in [1.82, 2.24) is 4.98 Å². The molecule has 1 aromatic carbocycles. The third-order valence-corrected chi connectivity index (χ3v) is 4.58. The number of ether oxygens (including phenoxy) is 1. The maximum absolute atomic E-state index is 11.1. The van der Waals surface area contributed by atoms with E-state index in [9.17, 15) is 4.79 Å². The molecule has 132 valence electrons. The number of carboxylic acid groups (broad SMARTS) is 1. The Morgan fingerprint density at radius 3 is 2.68 bits per heavy atom. The van der Waals surface area contributed by atoms with E-state index in [0.717, 1.165) is 37.5 Å². The van der Waals surface area contributed by atoms with E-state index in [1.807, 2.05) is 12.1 Å². The number of methoxy groups -OCH3 is 1. The zero-order chi connectivity index (χ0) is 17.8.